The highest BCUT2D eigenvalue weighted by Crippen LogP contribution is 2.26. The van der Waals surface area contributed by atoms with E-state index in [4.69, 9.17) is 15.2 Å². The molecule has 96 valence electrons. The third-order valence-corrected chi connectivity index (χ3v) is 2.98. The number of anilines is 1. The van der Waals surface area contributed by atoms with Gasteiger partial charge in [-0.25, -0.2) is 0 Å². The first-order valence-electron chi connectivity index (χ1n) is 5.44. The van der Waals surface area contributed by atoms with E-state index in [1.807, 2.05) is 4.90 Å². The number of hydrogen-bond donors (Lipinski definition) is 2. The molecule has 1 saturated heterocycles. The van der Waals surface area contributed by atoms with Crippen molar-refractivity contribution in [3.63, 3.8) is 0 Å². The molecule has 2 heterocycles. The van der Waals surface area contributed by atoms with Crippen LogP contribution in [0.4, 0.5) is 5.82 Å². The third kappa shape index (κ3) is 3.03. The highest BCUT2D eigenvalue weighted by atomic mass is 32.1. The van der Waals surface area contributed by atoms with E-state index in [0.717, 1.165) is 24.8 Å². The Hall–Kier alpha value is -0.960. The van der Waals surface area contributed by atoms with Crippen molar-refractivity contribution in [3.8, 4) is 5.88 Å². The summed E-state index contributed by atoms with van der Waals surface area (Å²) in [5, 5.41) is 9.29. The van der Waals surface area contributed by atoms with E-state index in [-0.39, 0.29) is 0 Å². The number of ether oxygens (including phenoxy) is 2. The second kappa shape index (κ2) is 5.58. The lowest BCUT2D eigenvalue weighted by Gasteiger charge is -2.27. The van der Waals surface area contributed by atoms with Crippen LogP contribution in [0.5, 0.6) is 5.88 Å². The number of rotatable bonds is 4. The Labute approximate surface area is 103 Å². The molecule has 0 bridgehead atoms. The van der Waals surface area contributed by atoms with Crippen LogP contribution < -0.4 is 15.4 Å². The second-order valence-electron chi connectivity index (χ2n) is 3.82. The third-order valence-electron chi connectivity index (χ3n) is 2.48. The van der Waals surface area contributed by atoms with E-state index in [2.05, 4.69) is 8.75 Å². The molecule has 2 atom stereocenters. The molecule has 0 amide bonds. The molecule has 0 radical (unpaired) electrons. The van der Waals surface area contributed by atoms with Gasteiger partial charge < -0.3 is 19.5 Å². The summed E-state index contributed by atoms with van der Waals surface area (Å²) in [5.74, 6) is 1.06. The molecule has 7 nitrogen and oxygen atoms in total. The predicted molar refractivity (Wildman–Crippen MR) is 63.2 cm³/mol. The fourth-order valence-corrected chi connectivity index (χ4v) is 1.96. The summed E-state index contributed by atoms with van der Waals surface area (Å²) in [7, 11) is 0. The first-order chi connectivity index (χ1) is 8.18. The predicted octanol–water partition coefficient (Wildman–Crippen LogP) is -0.581. The Morgan fingerprint density at radius 3 is 2.82 bits per heavy atom. The van der Waals surface area contributed by atoms with Gasteiger partial charge in [0, 0.05) is 13.1 Å². The zero-order valence-corrected chi connectivity index (χ0v) is 10.4. The molecule has 0 aromatic carbocycles. The summed E-state index contributed by atoms with van der Waals surface area (Å²) >= 11 is 1.07. The second-order valence-corrected chi connectivity index (χ2v) is 4.34. The van der Waals surface area contributed by atoms with Gasteiger partial charge in [-0.3, -0.25) is 5.73 Å². The van der Waals surface area contributed by atoms with E-state index < -0.39 is 12.3 Å². The van der Waals surface area contributed by atoms with E-state index in [0.29, 0.717) is 24.9 Å². The molecule has 8 heteroatoms. The lowest BCUT2D eigenvalue weighted by atomic mass is 10.4. The lowest BCUT2D eigenvalue weighted by molar-refractivity contribution is 0.0504. The molecule has 0 spiro atoms. The molecule has 1 aromatic rings. The van der Waals surface area contributed by atoms with Gasteiger partial charge in [0.15, 0.2) is 6.23 Å². The maximum absolute atomic E-state index is 9.29. The van der Waals surface area contributed by atoms with Gasteiger partial charge in [-0.1, -0.05) is 0 Å². The Bertz CT molecular complexity index is 354. The highest BCUT2D eigenvalue weighted by Gasteiger charge is 2.22. The Morgan fingerprint density at radius 2 is 2.18 bits per heavy atom. The Morgan fingerprint density at radius 1 is 1.47 bits per heavy atom. The van der Waals surface area contributed by atoms with Crippen LogP contribution in [-0.4, -0.2) is 52.5 Å². The summed E-state index contributed by atoms with van der Waals surface area (Å²) in [5.41, 5.74) is 5.63. The molecule has 1 aromatic heterocycles. The number of hydrogen-bond acceptors (Lipinski definition) is 8. The molecule has 17 heavy (non-hydrogen) atoms. The van der Waals surface area contributed by atoms with Gasteiger partial charge in [0.2, 0.25) is 5.82 Å². The Balaban J connectivity index is 2.05. The molecule has 1 aliphatic heterocycles. The quantitative estimate of drug-likeness (QED) is 0.699. The standard InChI is InChI=1S/C9H16N4O3S/c1-6(14)7(10)16-9-8(11-17-12-9)13-2-4-15-5-3-13/h6-7,14H,2-5,10H2,1H3. The monoisotopic (exact) mass is 260 g/mol. The number of aliphatic hydroxyl groups is 1. The number of aromatic nitrogens is 2. The lowest BCUT2D eigenvalue weighted by Crippen LogP contribution is -2.40. The smallest absolute Gasteiger partial charge is 0.272 e. The molecular formula is C9H16N4O3S. The average Bonchev–Trinajstić information content (AvgIpc) is 2.78. The Kier molecular flexibility index (Phi) is 4.11. The summed E-state index contributed by atoms with van der Waals surface area (Å²) in [6.45, 7) is 4.41. The van der Waals surface area contributed by atoms with Gasteiger partial charge in [-0.15, -0.1) is 4.37 Å². The summed E-state index contributed by atoms with van der Waals surface area (Å²) < 4.78 is 18.9. The number of morpholine rings is 1. The summed E-state index contributed by atoms with van der Waals surface area (Å²) in [6, 6.07) is 0. The minimum Gasteiger partial charge on any atom is -0.453 e. The summed E-state index contributed by atoms with van der Waals surface area (Å²) in [4.78, 5) is 2.04. The SMILES string of the molecule is CC(O)C(N)Oc1nsnc1N1CCOCC1. The van der Waals surface area contributed by atoms with E-state index in [9.17, 15) is 5.11 Å². The van der Waals surface area contributed by atoms with E-state index >= 15 is 0 Å². The molecular weight excluding hydrogens is 244 g/mol. The maximum Gasteiger partial charge on any atom is 0.272 e. The van der Waals surface area contributed by atoms with Crippen molar-refractivity contribution in [3.05, 3.63) is 0 Å². The van der Waals surface area contributed by atoms with Crippen molar-refractivity contribution in [2.24, 2.45) is 5.73 Å². The van der Waals surface area contributed by atoms with Crippen LogP contribution in [0, 0.1) is 0 Å². The summed E-state index contributed by atoms with van der Waals surface area (Å²) in [6.07, 6.45) is -1.55. The zero-order chi connectivity index (χ0) is 12.3. The molecule has 1 fully saturated rings. The molecule has 2 rings (SSSR count). The van der Waals surface area contributed by atoms with Gasteiger partial charge >= 0.3 is 0 Å². The van der Waals surface area contributed by atoms with Crippen molar-refractivity contribution in [2.45, 2.75) is 19.3 Å². The van der Waals surface area contributed by atoms with Crippen molar-refractivity contribution in [1.82, 2.24) is 8.75 Å². The normalized spacial score (nSPS) is 20.1. The maximum atomic E-state index is 9.29. The fraction of sp³-hybridized carbons (Fsp3) is 0.778. The first-order valence-corrected chi connectivity index (χ1v) is 6.17. The topological polar surface area (TPSA) is 93.7 Å². The van der Waals surface area contributed by atoms with Crippen molar-refractivity contribution in [1.29, 1.82) is 0 Å². The van der Waals surface area contributed by atoms with Crippen molar-refractivity contribution >= 4 is 17.5 Å². The van der Waals surface area contributed by atoms with Crippen molar-refractivity contribution in [2.75, 3.05) is 31.2 Å². The number of nitrogens with two attached hydrogens (primary N) is 1. The van der Waals surface area contributed by atoms with Gasteiger partial charge in [-0.2, -0.15) is 4.37 Å². The van der Waals surface area contributed by atoms with E-state index in [1.54, 1.807) is 6.92 Å². The average molecular weight is 260 g/mol. The van der Waals surface area contributed by atoms with Gasteiger partial charge in [0.1, 0.15) is 6.10 Å². The van der Waals surface area contributed by atoms with Gasteiger partial charge in [-0.05, 0) is 6.92 Å². The first kappa shape index (κ1) is 12.5. The van der Waals surface area contributed by atoms with E-state index in [1.165, 1.54) is 0 Å². The number of nitrogens with zero attached hydrogens (tertiary/aromatic N) is 3. The van der Waals surface area contributed by atoms with Crippen LogP contribution in [0.3, 0.4) is 0 Å². The number of aliphatic hydroxyl groups excluding tert-OH is 1. The van der Waals surface area contributed by atoms with Crippen LogP contribution in [0.2, 0.25) is 0 Å². The highest BCUT2D eigenvalue weighted by molar-refractivity contribution is 6.99. The molecule has 0 saturated carbocycles. The van der Waals surface area contributed by atoms with Crippen molar-refractivity contribution < 1.29 is 14.6 Å². The van der Waals surface area contributed by atoms with Gasteiger partial charge in [0.25, 0.3) is 5.88 Å². The molecule has 2 unspecified atom stereocenters. The van der Waals surface area contributed by atoms with Crippen LogP contribution >= 0.6 is 11.7 Å². The van der Waals surface area contributed by atoms with Crippen LogP contribution in [-0.2, 0) is 4.74 Å². The molecule has 3 N–H and O–H groups in total. The van der Waals surface area contributed by atoms with Crippen LogP contribution in [0.15, 0.2) is 0 Å². The van der Waals surface area contributed by atoms with Gasteiger partial charge in [0.05, 0.1) is 24.9 Å². The fourth-order valence-electron chi connectivity index (χ4n) is 1.45. The molecule has 0 aliphatic carbocycles. The zero-order valence-electron chi connectivity index (χ0n) is 9.57. The van der Waals surface area contributed by atoms with Crippen LogP contribution in [0.1, 0.15) is 6.92 Å². The minimum atomic E-state index is -0.793. The largest absolute Gasteiger partial charge is 0.453 e. The minimum absolute atomic E-state index is 0.380. The molecule has 1 aliphatic rings. The van der Waals surface area contributed by atoms with Crippen LogP contribution in [0.25, 0.3) is 0 Å².